The van der Waals surface area contributed by atoms with Gasteiger partial charge in [-0.2, -0.15) is 0 Å². The Morgan fingerprint density at radius 1 is 1.00 bits per heavy atom. The van der Waals surface area contributed by atoms with Gasteiger partial charge in [0.2, 0.25) is 0 Å². The lowest BCUT2D eigenvalue weighted by molar-refractivity contribution is 0.0855. The van der Waals surface area contributed by atoms with E-state index in [4.69, 9.17) is 0 Å². The molecule has 0 aromatic heterocycles. The van der Waals surface area contributed by atoms with Gasteiger partial charge in [-0.25, -0.2) is 0 Å². The second-order valence-electron chi connectivity index (χ2n) is 8.53. The second kappa shape index (κ2) is 7.97. The van der Waals surface area contributed by atoms with E-state index in [1.807, 2.05) is 0 Å². The average Bonchev–Trinajstić information content (AvgIpc) is 2.65. The van der Waals surface area contributed by atoms with Crippen LogP contribution in [0.15, 0.2) is 0 Å². The molecular weight excluding hydrogens is 256 g/mol. The highest BCUT2D eigenvalue weighted by atomic mass is 15.1. The van der Waals surface area contributed by atoms with Crippen LogP contribution in [-0.4, -0.2) is 37.1 Å². The number of nitrogens with one attached hydrogen (secondary N) is 1. The Morgan fingerprint density at radius 3 is 2.33 bits per heavy atom. The SMILES string of the molecule is CC1CCCN(CC2(CNC(C)C)CCC(C)CC2)CC1. The summed E-state index contributed by atoms with van der Waals surface area (Å²) in [5.74, 6) is 1.88. The van der Waals surface area contributed by atoms with Crippen LogP contribution in [0.3, 0.4) is 0 Å². The minimum absolute atomic E-state index is 0.546. The van der Waals surface area contributed by atoms with E-state index in [-0.39, 0.29) is 0 Å². The first kappa shape index (κ1) is 17.3. The Morgan fingerprint density at radius 2 is 1.67 bits per heavy atom. The molecule has 2 heteroatoms. The third kappa shape index (κ3) is 5.56. The van der Waals surface area contributed by atoms with Crippen LogP contribution >= 0.6 is 0 Å². The van der Waals surface area contributed by atoms with E-state index >= 15 is 0 Å². The standard InChI is InChI=1S/C19H38N2/c1-16(2)20-14-19(10-7-18(4)8-11-19)15-21-12-5-6-17(3)9-13-21/h16-18,20H,5-15H2,1-4H3. The molecular formula is C19H38N2. The normalized spacial score (nSPS) is 35.9. The maximum atomic E-state index is 3.76. The first-order valence-corrected chi connectivity index (χ1v) is 9.45. The minimum atomic E-state index is 0.546. The molecule has 0 spiro atoms. The lowest BCUT2D eigenvalue weighted by Gasteiger charge is -2.43. The number of likely N-dealkylation sites (tertiary alicyclic amines) is 1. The largest absolute Gasteiger partial charge is 0.314 e. The van der Waals surface area contributed by atoms with E-state index in [1.54, 1.807) is 0 Å². The molecule has 1 N–H and O–H groups in total. The van der Waals surface area contributed by atoms with E-state index in [0.29, 0.717) is 11.5 Å². The molecule has 1 heterocycles. The van der Waals surface area contributed by atoms with Crippen LogP contribution in [0.5, 0.6) is 0 Å². The van der Waals surface area contributed by atoms with Crippen molar-refractivity contribution < 1.29 is 0 Å². The fourth-order valence-electron chi connectivity index (χ4n) is 4.14. The molecule has 2 aliphatic rings. The molecule has 1 aliphatic heterocycles. The van der Waals surface area contributed by atoms with Gasteiger partial charge in [0.25, 0.3) is 0 Å². The van der Waals surface area contributed by atoms with Crippen molar-refractivity contribution in [1.29, 1.82) is 0 Å². The van der Waals surface area contributed by atoms with Crippen LogP contribution in [0.25, 0.3) is 0 Å². The third-order valence-corrected chi connectivity index (χ3v) is 5.89. The van der Waals surface area contributed by atoms with Gasteiger partial charge in [0, 0.05) is 19.1 Å². The zero-order valence-electron chi connectivity index (χ0n) is 15.0. The predicted molar refractivity (Wildman–Crippen MR) is 92.7 cm³/mol. The quantitative estimate of drug-likeness (QED) is 0.813. The summed E-state index contributed by atoms with van der Waals surface area (Å²) in [5, 5.41) is 3.76. The fourth-order valence-corrected chi connectivity index (χ4v) is 4.14. The van der Waals surface area contributed by atoms with Crippen LogP contribution in [0.2, 0.25) is 0 Å². The topological polar surface area (TPSA) is 15.3 Å². The maximum Gasteiger partial charge on any atom is 0.00501 e. The Labute approximate surface area is 133 Å². The number of hydrogen-bond acceptors (Lipinski definition) is 2. The molecule has 2 rings (SSSR count). The first-order chi connectivity index (χ1) is 9.99. The zero-order chi connectivity index (χ0) is 15.3. The smallest absolute Gasteiger partial charge is 0.00501 e. The Hall–Kier alpha value is -0.0800. The van der Waals surface area contributed by atoms with Gasteiger partial charge in [0.1, 0.15) is 0 Å². The monoisotopic (exact) mass is 294 g/mol. The van der Waals surface area contributed by atoms with E-state index < -0.39 is 0 Å². The summed E-state index contributed by atoms with van der Waals surface area (Å²) in [6.45, 7) is 14.7. The molecule has 1 saturated heterocycles. The van der Waals surface area contributed by atoms with Gasteiger partial charge in [0.05, 0.1) is 0 Å². The molecule has 1 saturated carbocycles. The Bertz CT molecular complexity index is 292. The summed E-state index contributed by atoms with van der Waals surface area (Å²) >= 11 is 0. The molecule has 0 bridgehead atoms. The van der Waals surface area contributed by atoms with Crippen molar-refractivity contribution in [2.75, 3.05) is 26.2 Å². The summed E-state index contributed by atoms with van der Waals surface area (Å²) in [4.78, 5) is 2.79. The maximum absolute atomic E-state index is 3.76. The minimum Gasteiger partial charge on any atom is -0.314 e. The highest BCUT2D eigenvalue weighted by molar-refractivity contribution is 4.90. The van der Waals surface area contributed by atoms with Gasteiger partial charge in [0.15, 0.2) is 0 Å². The van der Waals surface area contributed by atoms with Crippen molar-refractivity contribution in [3.8, 4) is 0 Å². The third-order valence-electron chi connectivity index (χ3n) is 5.89. The molecule has 1 unspecified atom stereocenters. The van der Waals surface area contributed by atoms with E-state index in [9.17, 15) is 0 Å². The summed E-state index contributed by atoms with van der Waals surface area (Å²) in [6.07, 6.45) is 9.98. The second-order valence-corrected chi connectivity index (χ2v) is 8.53. The van der Waals surface area contributed by atoms with Gasteiger partial charge in [-0.05, 0) is 62.4 Å². The van der Waals surface area contributed by atoms with Crippen LogP contribution in [0, 0.1) is 17.3 Å². The fraction of sp³-hybridized carbons (Fsp3) is 1.00. The molecule has 0 aromatic rings. The van der Waals surface area contributed by atoms with Crippen LogP contribution in [0.1, 0.15) is 72.6 Å². The van der Waals surface area contributed by atoms with Gasteiger partial charge >= 0.3 is 0 Å². The van der Waals surface area contributed by atoms with Crippen molar-refractivity contribution in [3.05, 3.63) is 0 Å². The van der Waals surface area contributed by atoms with Crippen molar-refractivity contribution in [3.63, 3.8) is 0 Å². The van der Waals surface area contributed by atoms with Crippen molar-refractivity contribution in [2.45, 2.75) is 78.7 Å². The lowest BCUT2D eigenvalue weighted by atomic mass is 9.70. The first-order valence-electron chi connectivity index (χ1n) is 9.45. The van der Waals surface area contributed by atoms with Gasteiger partial charge in [-0.3, -0.25) is 0 Å². The Kier molecular flexibility index (Phi) is 6.55. The highest BCUT2D eigenvalue weighted by Gasteiger charge is 2.36. The van der Waals surface area contributed by atoms with E-state index in [1.165, 1.54) is 71.1 Å². The molecule has 0 aromatic carbocycles. The Balaban J connectivity index is 1.94. The summed E-state index contributed by atoms with van der Waals surface area (Å²) in [7, 11) is 0. The number of hydrogen-bond donors (Lipinski definition) is 1. The lowest BCUT2D eigenvalue weighted by Crippen LogP contribution is -2.47. The predicted octanol–water partition coefficient (Wildman–Crippen LogP) is 4.30. The van der Waals surface area contributed by atoms with Gasteiger partial charge in [-0.1, -0.05) is 40.5 Å². The van der Waals surface area contributed by atoms with E-state index in [0.717, 1.165) is 11.8 Å². The summed E-state index contributed by atoms with van der Waals surface area (Å²) in [5.41, 5.74) is 0.546. The summed E-state index contributed by atoms with van der Waals surface area (Å²) in [6, 6.07) is 0.616. The summed E-state index contributed by atoms with van der Waals surface area (Å²) < 4.78 is 0. The molecule has 1 aliphatic carbocycles. The molecule has 124 valence electrons. The average molecular weight is 295 g/mol. The zero-order valence-corrected chi connectivity index (χ0v) is 15.0. The van der Waals surface area contributed by atoms with Crippen LogP contribution in [-0.2, 0) is 0 Å². The molecule has 2 fully saturated rings. The van der Waals surface area contributed by atoms with Gasteiger partial charge in [-0.15, -0.1) is 0 Å². The molecule has 2 nitrogen and oxygen atoms in total. The van der Waals surface area contributed by atoms with Crippen molar-refractivity contribution in [1.82, 2.24) is 10.2 Å². The van der Waals surface area contributed by atoms with Crippen LogP contribution in [0.4, 0.5) is 0 Å². The number of rotatable bonds is 5. The highest BCUT2D eigenvalue weighted by Crippen LogP contribution is 2.39. The molecule has 1 atom stereocenters. The van der Waals surface area contributed by atoms with Crippen LogP contribution < -0.4 is 5.32 Å². The molecule has 0 amide bonds. The van der Waals surface area contributed by atoms with Crippen molar-refractivity contribution in [2.24, 2.45) is 17.3 Å². The number of nitrogens with zero attached hydrogens (tertiary/aromatic N) is 1. The van der Waals surface area contributed by atoms with E-state index in [2.05, 4.69) is 37.9 Å². The van der Waals surface area contributed by atoms with Gasteiger partial charge < -0.3 is 10.2 Å². The molecule has 0 radical (unpaired) electrons. The van der Waals surface area contributed by atoms with Crippen molar-refractivity contribution >= 4 is 0 Å². The molecule has 21 heavy (non-hydrogen) atoms.